The van der Waals surface area contributed by atoms with Crippen molar-refractivity contribution in [3.8, 4) is 11.1 Å². The molecule has 4 aromatic rings. The quantitative estimate of drug-likeness (QED) is 0.386. The SMILES string of the molecule is [B]1c2ccccc2-c2c1ccc1c2oc2ccccc21. The van der Waals surface area contributed by atoms with E-state index in [1.165, 1.54) is 32.8 Å². The molecule has 5 rings (SSSR count). The van der Waals surface area contributed by atoms with Crippen LogP contribution < -0.4 is 10.9 Å². The van der Waals surface area contributed by atoms with Crippen molar-refractivity contribution in [2.24, 2.45) is 0 Å². The standard InChI is InChI=1S/C18H10BO/c1-3-7-14-13(6-1)17-15(19-14)10-9-12-11-5-2-4-8-16(11)20-18(12)17/h1-10H. The van der Waals surface area contributed by atoms with Gasteiger partial charge in [0, 0.05) is 16.3 Å². The van der Waals surface area contributed by atoms with Crippen LogP contribution >= 0.6 is 0 Å². The van der Waals surface area contributed by atoms with Crippen LogP contribution in [0.3, 0.4) is 0 Å². The van der Waals surface area contributed by atoms with E-state index in [9.17, 15) is 0 Å². The van der Waals surface area contributed by atoms with Gasteiger partial charge < -0.3 is 4.42 Å². The minimum atomic E-state index is 0.959. The third kappa shape index (κ3) is 1.19. The van der Waals surface area contributed by atoms with Crippen molar-refractivity contribution < 1.29 is 4.42 Å². The molecule has 1 aliphatic heterocycles. The Morgan fingerprint density at radius 3 is 2.55 bits per heavy atom. The summed E-state index contributed by atoms with van der Waals surface area (Å²) in [5.74, 6) is 0. The van der Waals surface area contributed by atoms with Gasteiger partial charge in [0.05, 0.1) is 0 Å². The monoisotopic (exact) mass is 253 g/mol. The molecule has 1 radical (unpaired) electrons. The Balaban J connectivity index is 1.99. The van der Waals surface area contributed by atoms with Crippen molar-refractivity contribution in [1.29, 1.82) is 0 Å². The first-order valence-electron chi connectivity index (χ1n) is 6.80. The minimum absolute atomic E-state index is 0.959. The lowest BCUT2D eigenvalue weighted by Gasteiger charge is -2.02. The zero-order chi connectivity index (χ0) is 13.1. The fourth-order valence-electron chi connectivity index (χ4n) is 3.22. The van der Waals surface area contributed by atoms with E-state index in [4.69, 9.17) is 4.42 Å². The van der Waals surface area contributed by atoms with Gasteiger partial charge in [0.1, 0.15) is 11.2 Å². The Bertz CT molecular complexity index is 981. The Morgan fingerprint density at radius 1 is 0.700 bits per heavy atom. The zero-order valence-electron chi connectivity index (χ0n) is 10.8. The summed E-state index contributed by atoms with van der Waals surface area (Å²) in [5, 5.41) is 2.39. The number of benzene rings is 3. The second-order valence-electron chi connectivity index (χ2n) is 5.24. The molecule has 0 spiro atoms. The Kier molecular flexibility index (Phi) is 1.83. The van der Waals surface area contributed by atoms with E-state index in [-0.39, 0.29) is 0 Å². The number of hydrogen-bond acceptors (Lipinski definition) is 1. The molecule has 2 heterocycles. The summed E-state index contributed by atoms with van der Waals surface area (Å²) >= 11 is 0. The van der Waals surface area contributed by atoms with E-state index in [1.54, 1.807) is 0 Å². The Hall–Kier alpha value is -2.48. The predicted octanol–water partition coefficient (Wildman–Crippen LogP) is 3.22. The normalized spacial score (nSPS) is 12.4. The molecule has 0 unspecified atom stereocenters. The van der Waals surface area contributed by atoms with Crippen molar-refractivity contribution >= 4 is 40.1 Å². The van der Waals surface area contributed by atoms with Gasteiger partial charge in [0.2, 0.25) is 0 Å². The lowest BCUT2D eigenvalue weighted by molar-refractivity contribution is 0.670. The van der Waals surface area contributed by atoms with Crippen molar-refractivity contribution in [2.75, 3.05) is 0 Å². The molecule has 3 aromatic carbocycles. The molecule has 0 fully saturated rings. The molecule has 2 heteroatoms. The molecule has 0 amide bonds. The largest absolute Gasteiger partial charge is 0.455 e. The highest BCUT2D eigenvalue weighted by Crippen LogP contribution is 2.35. The van der Waals surface area contributed by atoms with Gasteiger partial charge >= 0.3 is 0 Å². The molecule has 20 heavy (non-hydrogen) atoms. The van der Waals surface area contributed by atoms with Gasteiger partial charge in [-0.25, -0.2) is 0 Å². The number of furan rings is 1. The molecule has 0 aliphatic carbocycles. The van der Waals surface area contributed by atoms with Crippen LogP contribution in [0.5, 0.6) is 0 Å². The number of rotatable bonds is 0. The van der Waals surface area contributed by atoms with E-state index in [1.807, 2.05) is 12.1 Å². The van der Waals surface area contributed by atoms with E-state index in [2.05, 4.69) is 55.8 Å². The average molecular weight is 253 g/mol. The van der Waals surface area contributed by atoms with Gasteiger partial charge in [-0.3, -0.25) is 0 Å². The molecule has 91 valence electrons. The summed E-state index contributed by atoms with van der Waals surface area (Å²) in [6.45, 7) is 0. The fraction of sp³-hybridized carbons (Fsp3) is 0. The summed E-state index contributed by atoms with van der Waals surface area (Å²) in [4.78, 5) is 0. The lowest BCUT2D eigenvalue weighted by atomic mass is 9.68. The second-order valence-corrected chi connectivity index (χ2v) is 5.24. The summed E-state index contributed by atoms with van der Waals surface area (Å²) < 4.78 is 6.13. The van der Waals surface area contributed by atoms with Gasteiger partial charge in [-0.15, -0.1) is 0 Å². The molecule has 0 saturated heterocycles. The maximum Gasteiger partial charge on any atom is 0.193 e. The molecule has 1 aromatic heterocycles. The van der Waals surface area contributed by atoms with Gasteiger partial charge in [0.25, 0.3) is 0 Å². The Morgan fingerprint density at radius 2 is 1.55 bits per heavy atom. The van der Waals surface area contributed by atoms with Gasteiger partial charge in [0.15, 0.2) is 7.28 Å². The van der Waals surface area contributed by atoms with Crippen molar-refractivity contribution in [1.82, 2.24) is 0 Å². The summed E-state index contributed by atoms with van der Waals surface area (Å²) in [6.07, 6.45) is 0. The van der Waals surface area contributed by atoms with E-state index < -0.39 is 0 Å². The molecule has 0 N–H and O–H groups in total. The van der Waals surface area contributed by atoms with Crippen molar-refractivity contribution in [3.05, 3.63) is 60.7 Å². The van der Waals surface area contributed by atoms with Crippen LogP contribution in [0.1, 0.15) is 0 Å². The molecule has 0 atom stereocenters. The highest BCUT2D eigenvalue weighted by molar-refractivity contribution is 6.74. The molecule has 0 saturated carbocycles. The number of para-hydroxylation sites is 1. The summed E-state index contributed by atoms with van der Waals surface area (Å²) in [6, 6.07) is 21.1. The van der Waals surface area contributed by atoms with E-state index in [0.29, 0.717) is 0 Å². The lowest BCUT2D eigenvalue weighted by Crippen LogP contribution is -2.20. The van der Waals surface area contributed by atoms with Gasteiger partial charge in [-0.1, -0.05) is 65.5 Å². The van der Waals surface area contributed by atoms with E-state index >= 15 is 0 Å². The molecule has 1 nitrogen and oxygen atoms in total. The Labute approximate surface area is 117 Å². The van der Waals surface area contributed by atoms with Gasteiger partial charge in [-0.05, 0) is 11.6 Å². The first-order chi connectivity index (χ1) is 9.92. The second kappa shape index (κ2) is 3.54. The van der Waals surface area contributed by atoms with Crippen molar-refractivity contribution in [3.63, 3.8) is 0 Å². The number of fused-ring (bicyclic) bond motifs is 7. The topological polar surface area (TPSA) is 13.1 Å². The first-order valence-corrected chi connectivity index (χ1v) is 6.80. The smallest absolute Gasteiger partial charge is 0.193 e. The average Bonchev–Trinajstić information content (AvgIpc) is 3.04. The van der Waals surface area contributed by atoms with Crippen LogP contribution in [0.25, 0.3) is 33.1 Å². The summed E-state index contributed by atoms with van der Waals surface area (Å²) in [5.41, 5.74) is 6.99. The van der Waals surface area contributed by atoms with Crippen LogP contribution in [0.15, 0.2) is 65.1 Å². The van der Waals surface area contributed by atoms with E-state index in [0.717, 1.165) is 11.2 Å². The van der Waals surface area contributed by atoms with Crippen LogP contribution in [-0.4, -0.2) is 7.28 Å². The predicted molar refractivity (Wildman–Crippen MR) is 84.2 cm³/mol. The third-order valence-electron chi connectivity index (χ3n) is 4.12. The molecular weight excluding hydrogens is 243 g/mol. The van der Waals surface area contributed by atoms with Crippen LogP contribution in [0.2, 0.25) is 0 Å². The first kappa shape index (κ1) is 10.3. The van der Waals surface area contributed by atoms with Crippen LogP contribution in [-0.2, 0) is 0 Å². The van der Waals surface area contributed by atoms with Crippen LogP contribution in [0.4, 0.5) is 0 Å². The highest BCUT2D eigenvalue weighted by Gasteiger charge is 2.23. The van der Waals surface area contributed by atoms with Gasteiger partial charge in [-0.2, -0.15) is 0 Å². The third-order valence-corrected chi connectivity index (χ3v) is 4.12. The summed E-state index contributed by atoms with van der Waals surface area (Å²) in [7, 11) is 2.23. The molecular formula is C18H10BO. The maximum atomic E-state index is 6.13. The highest BCUT2D eigenvalue weighted by atomic mass is 16.3. The van der Waals surface area contributed by atoms with Crippen LogP contribution in [0, 0.1) is 0 Å². The number of hydrogen-bond donors (Lipinski definition) is 0. The zero-order valence-corrected chi connectivity index (χ0v) is 10.8. The maximum absolute atomic E-state index is 6.13. The molecule has 1 aliphatic rings. The fourth-order valence-corrected chi connectivity index (χ4v) is 3.22. The molecule has 0 bridgehead atoms. The minimum Gasteiger partial charge on any atom is -0.455 e. The van der Waals surface area contributed by atoms with Crippen molar-refractivity contribution in [2.45, 2.75) is 0 Å².